The summed E-state index contributed by atoms with van der Waals surface area (Å²) in [6.45, 7) is 1.84. The molecule has 5 heteroatoms. The summed E-state index contributed by atoms with van der Waals surface area (Å²) in [5.41, 5.74) is 0.826. The number of rotatable bonds is 2. The summed E-state index contributed by atoms with van der Waals surface area (Å²) >= 11 is 3.03. The molecule has 1 amide bonds. The number of alkyl halides is 1. The summed E-state index contributed by atoms with van der Waals surface area (Å²) in [6.07, 6.45) is 0. The lowest BCUT2D eigenvalue weighted by Gasteiger charge is -1.99. The van der Waals surface area contributed by atoms with E-state index >= 15 is 0 Å². The smallest absolute Gasteiger partial charge is 0.236 e. The lowest BCUT2D eigenvalue weighted by atomic mass is 10.4. The fourth-order valence-electron chi connectivity index (χ4n) is 0.642. The van der Waals surface area contributed by atoms with Crippen LogP contribution in [-0.2, 0) is 4.79 Å². The van der Waals surface area contributed by atoms with Gasteiger partial charge >= 0.3 is 0 Å². The highest BCUT2D eigenvalue weighted by atomic mass is 79.9. The van der Waals surface area contributed by atoms with Crippen molar-refractivity contribution < 1.29 is 4.79 Å². The second-order valence-electron chi connectivity index (χ2n) is 2.24. The van der Waals surface area contributed by atoms with E-state index in [4.69, 9.17) is 0 Å². The maximum Gasteiger partial charge on any atom is 0.236 e. The number of aromatic nitrogens is 2. The second kappa shape index (κ2) is 4.15. The molecule has 1 aromatic rings. The van der Waals surface area contributed by atoms with Crippen LogP contribution in [0, 0.1) is 6.92 Å². The Morgan fingerprint density at radius 1 is 1.58 bits per heavy atom. The highest BCUT2D eigenvalue weighted by molar-refractivity contribution is 9.09. The van der Waals surface area contributed by atoms with Crippen molar-refractivity contribution in [2.75, 3.05) is 10.6 Å². The minimum atomic E-state index is -0.131. The molecule has 0 radical (unpaired) electrons. The zero-order valence-corrected chi connectivity index (χ0v) is 8.13. The molecule has 4 nitrogen and oxygen atoms in total. The number of halogens is 1. The van der Waals surface area contributed by atoms with Crippen molar-refractivity contribution >= 4 is 27.7 Å². The van der Waals surface area contributed by atoms with E-state index in [1.807, 2.05) is 6.92 Å². The Morgan fingerprint density at radius 2 is 2.33 bits per heavy atom. The lowest BCUT2D eigenvalue weighted by molar-refractivity contribution is -0.113. The summed E-state index contributed by atoms with van der Waals surface area (Å²) in [5.74, 6) is 0.346. The number of carbonyl (C=O) groups is 1. The number of nitrogens with one attached hydrogen (secondary N) is 1. The van der Waals surface area contributed by atoms with Gasteiger partial charge in [0.25, 0.3) is 0 Å². The summed E-state index contributed by atoms with van der Waals surface area (Å²) in [4.78, 5) is 10.8. The molecule has 0 aliphatic carbocycles. The van der Waals surface area contributed by atoms with Crippen molar-refractivity contribution in [1.29, 1.82) is 0 Å². The van der Waals surface area contributed by atoms with Crippen LogP contribution >= 0.6 is 15.9 Å². The van der Waals surface area contributed by atoms with Crippen LogP contribution in [-0.4, -0.2) is 21.4 Å². The number of aryl methyl sites for hydroxylation is 1. The second-order valence-corrected chi connectivity index (χ2v) is 2.80. The van der Waals surface area contributed by atoms with Gasteiger partial charge < -0.3 is 5.32 Å². The average molecular weight is 230 g/mol. The number of anilines is 1. The maximum atomic E-state index is 10.8. The minimum Gasteiger partial charge on any atom is -0.308 e. The third-order valence-corrected chi connectivity index (χ3v) is 1.70. The van der Waals surface area contributed by atoms with Gasteiger partial charge in [0.05, 0.1) is 11.0 Å². The van der Waals surface area contributed by atoms with Crippen molar-refractivity contribution in [2.45, 2.75) is 6.92 Å². The summed E-state index contributed by atoms with van der Waals surface area (Å²) in [6, 6.07) is 3.50. The first-order valence-electron chi connectivity index (χ1n) is 3.38. The van der Waals surface area contributed by atoms with Gasteiger partial charge in [-0.05, 0) is 19.1 Å². The summed E-state index contributed by atoms with van der Waals surface area (Å²) in [5, 5.41) is 10.4. The Labute approximate surface area is 78.5 Å². The number of hydrogen-bond donors (Lipinski definition) is 1. The molecule has 1 aromatic heterocycles. The van der Waals surface area contributed by atoms with E-state index in [0.29, 0.717) is 5.82 Å². The third kappa shape index (κ3) is 2.58. The first-order valence-corrected chi connectivity index (χ1v) is 4.50. The molecule has 0 aliphatic heterocycles. The molecular weight excluding hydrogens is 222 g/mol. The van der Waals surface area contributed by atoms with Gasteiger partial charge in [-0.1, -0.05) is 15.9 Å². The number of carbonyl (C=O) groups excluding carboxylic acids is 1. The number of hydrogen-bond acceptors (Lipinski definition) is 3. The Hall–Kier alpha value is -0.970. The largest absolute Gasteiger partial charge is 0.308 e. The van der Waals surface area contributed by atoms with E-state index in [2.05, 4.69) is 31.4 Å². The van der Waals surface area contributed by atoms with Gasteiger partial charge in [-0.15, -0.1) is 5.10 Å². The molecule has 0 bridgehead atoms. The zero-order valence-electron chi connectivity index (χ0n) is 6.54. The van der Waals surface area contributed by atoms with Crippen molar-refractivity contribution in [1.82, 2.24) is 10.2 Å². The summed E-state index contributed by atoms with van der Waals surface area (Å²) < 4.78 is 0. The first kappa shape index (κ1) is 9.12. The van der Waals surface area contributed by atoms with E-state index in [0.717, 1.165) is 5.69 Å². The van der Waals surface area contributed by atoms with Crippen LogP contribution in [0.1, 0.15) is 5.69 Å². The van der Waals surface area contributed by atoms with Gasteiger partial charge in [-0.3, -0.25) is 4.79 Å². The van der Waals surface area contributed by atoms with Crippen LogP contribution in [0.25, 0.3) is 0 Å². The van der Waals surface area contributed by atoms with Crippen LogP contribution in [0.4, 0.5) is 5.82 Å². The van der Waals surface area contributed by atoms with Crippen LogP contribution < -0.4 is 5.32 Å². The topological polar surface area (TPSA) is 54.9 Å². The van der Waals surface area contributed by atoms with Gasteiger partial charge in [0.2, 0.25) is 5.91 Å². The van der Waals surface area contributed by atoms with Crippen molar-refractivity contribution in [3.05, 3.63) is 17.8 Å². The number of nitrogens with zero attached hydrogens (tertiary/aromatic N) is 2. The SMILES string of the molecule is Cc1ccc(NC(=O)CBr)nn1. The Morgan fingerprint density at radius 3 is 2.83 bits per heavy atom. The van der Waals surface area contributed by atoms with Gasteiger partial charge in [-0.2, -0.15) is 5.10 Å². The van der Waals surface area contributed by atoms with Gasteiger partial charge in [0, 0.05) is 0 Å². The highest BCUT2D eigenvalue weighted by Gasteiger charge is 1.99. The predicted molar refractivity (Wildman–Crippen MR) is 49.2 cm³/mol. The highest BCUT2D eigenvalue weighted by Crippen LogP contribution is 2.00. The molecule has 1 rings (SSSR count). The first-order chi connectivity index (χ1) is 5.72. The van der Waals surface area contributed by atoms with Crippen molar-refractivity contribution in [2.24, 2.45) is 0 Å². The van der Waals surface area contributed by atoms with Crippen LogP contribution in [0.5, 0.6) is 0 Å². The molecule has 1 heterocycles. The van der Waals surface area contributed by atoms with Crippen LogP contribution in [0.2, 0.25) is 0 Å². The molecule has 0 saturated carbocycles. The molecular formula is C7H8BrN3O. The molecule has 0 saturated heterocycles. The predicted octanol–water partition coefficient (Wildman–Crippen LogP) is 1.12. The monoisotopic (exact) mass is 229 g/mol. The van der Waals surface area contributed by atoms with Crippen LogP contribution in [0.15, 0.2) is 12.1 Å². The molecule has 0 atom stereocenters. The molecule has 0 spiro atoms. The molecule has 0 aliphatic rings. The third-order valence-electron chi connectivity index (χ3n) is 1.19. The molecule has 0 fully saturated rings. The average Bonchev–Trinajstić information content (AvgIpc) is 2.09. The van der Waals surface area contributed by atoms with Crippen molar-refractivity contribution in [3.63, 3.8) is 0 Å². The van der Waals surface area contributed by atoms with E-state index in [1.165, 1.54) is 0 Å². The summed E-state index contributed by atoms with van der Waals surface area (Å²) in [7, 11) is 0. The Kier molecular flexibility index (Phi) is 3.16. The molecule has 0 unspecified atom stereocenters. The standard InChI is InChI=1S/C7H8BrN3O/c1-5-2-3-6(11-10-5)9-7(12)4-8/h2-3H,4H2,1H3,(H,9,11,12). The maximum absolute atomic E-state index is 10.8. The van der Waals surface area contributed by atoms with Crippen LogP contribution in [0.3, 0.4) is 0 Å². The zero-order chi connectivity index (χ0) is 8.97. The normalized spacial score (nSPS) is 9.50. The van der Waals surface area contributed by atoms with Gasteiger partial charge in [0.1, 0.15) is 0 Å². The van der Waals surface area contributed by atoms with Gasteiger partial charge in [0.15, 0.2) is 5.82 Å². The molecule has 12 heavy (non-hydrogen) atoms. The lowest BCUT2D eigenvalue weighted by Crippen LogP contribution is -2.13. The molecule has 1 N–H and O–H groups in total. The fraction of sp³-hybridized carbons (Fsp3) is 0.286. The number of amides is 1. The minimum absolute atomic E-state index is 0.131. The van der Waals surface area contributed by atoms with E-state index < -0.39 is 0 Å². The van der Waals surface area contributed by atoms with E-state index in [-0.39, 0.29) is 11.2 Å². The quantitative estimate of drug-likeness (QED) is 0.774. The van der Waals surface area contributed by atoms with Gasteiger partial charge in [-0.25, -0.2) is 0 Å². The molecule has 0 aromatic carbocycles. The van der Waals surface area contributed by atoms with E-state index in [9.17, 15) is 4.79 Å². The Bertz CT molecular complexity index is 272. The van der Waals surface area contributed by atoms with Crippen molar-refractivity contribution in [3.8, 4) is 0 Å². The molecule has 64 valence electrons. The van der Waals surface area contributed by atoms with E-state index in [1.54, 1.807) is 12.1 Å². The fourth-order valence-corrected chi connectivity index (χ4v) is 0.782. The Balaban J connectivity index is 2.64.